The van der Waals surface area contributed by atoms with Gasteiger partial charge in [-0.05, 0) is 12.8 Å². The molecule has 0 atom stereocenters. The molecule has 5 nitrogen and oxygen atoms in total. The summed E-state index contributed by atoms with van der Waals surface area (Å²) >= 11 is 0. The quantitative estimate of drug-likeness (QED) is 0.0522. The van der Waals surface area contributed by atoms with Crippen molar-refractivity contribution >= 4 is 11.9 Å². The summed E-state index contributed by atoms with van der Waals surface area (Å²) in [6.07, 6.45) is 41.3. The third-order valence-electron chi connectivity index (χ3n) is 9.16. The van der Waals surface area contributed by atoms with Crippen LogP contribution in [0.2, 0.25) is 0 Å². The Morgan fingerprint density at radius 1 is 0.400 bits per heavy atom. The van der Waals surface area contributed by atoms with Crippen molar-refractivity contribution in [2.45, 2.75) is 219 Å². The number of carbonyl (C=O) groups is 2. The largest absolute Gasteiger partial charge is 0.464 e. The first-order valence-corrected chi connectivity index (χ1v) is 20.3. The molecular weight excluding hydrogens is 556 g/mol. The molecule has 0 aliphatic carbocycles. The predicted molar refractivity (Wildman–Crippen MR) is 196 cm³/mol. The van der Waals surface area contributed by atoms with E-state index >= 15 is 0 Å². The maximum atomic E-state index is 12.0. The van der Waals surface area contributed by atoms with Crippen LogP contribution in [0, 0.1) is 0 Å². The highest BCUT2D eigenvalue weighted by Crippen LogP contribution is 2.15. The highest BCUT2D eigenvalue weighted by Gasteiger charge is 2.04. The maximum Gasteiger partial charge on any atom is 0.305 e. The molecule has 0 rings (SSSR count). The van der Waals surface area contributed by atoms with Gasteiger partial charge in [-0.1, -0.05) is 194 Å². The number of amides is 1. The fourth-order valence-electron chi connectivity index (χ4n) is 6.11. The van der Waals surface area contributed by atoms with E-state index in [1.54, 1.807) is 0 Å². The average Bonchev–Trinajstić information content (AvgIpc) is 3.04. The lowest BCUT2D eigenvalue weighted by molar-refractivity contribution is -0.143. The molecule has 1 amide bonds. The third kappa shape index (κ3) is 39.0. The summed E-state index contributed by atoms with van der Waals surface area (Å²) in [4.78, 5) is 24.0. The Morgan fingerprint density at radius 3 is 1.11 bits per heavy atom. The molecule has 0 saturated heterocycles. The van der Waals surface area contributed by atoms with Crippen molar-refractivity contribution in [2.75, 3.05) is 26.2 Å². The lowest BCUT2D eigenvalue weighted by atomic mass is 10.0. The van der Waals surface area contributed by atoms with Crippen molar-refractivity contribution in [3.05, 3.63) is 0 Å². The summed E-state index contributed by atoms with van der Waals surface area (Å²) in [5, 5.41) is 6.24. The molecule has 0 aliphatic rings. The molecule has 2 N–H and O–H groups in total. The highest BCUT2D eigenvalue weighted by molar-refractivity contribution is 5.75. The van der Waals surface area contributed by atoms with E-state index in [-0.39, 0.29) is 11.9 Å². The fraction of sp³-hybridized carbons (Fsp3) is 0.950. The Labute approximate surface area is 282 Å². The average molecular weight is 637 g/mol. The van der Waals surface area contributed by atoms with Crippen LogP contribution in [-0.4, -0.2) is 38.1 Å². The van der Waals surface area contributed by atoms with Crippen LogP contribution in [0.5, 0.6) is 0 Å². The summed E-state index contributed by atoms with van der Waals surface area (Å²) in [6.45, 7) is 6.95. The number of unbranched alkanes of at least 4 members (excludes halogenated alkanes) is 28. The van der Waals surface area contributed by atoms with Crippen molar-refractivity contribution in [2.24, 2.45) is 0 Å². The molecule has 0 bridgehead atoms. The molecular formula is C40H80N2O3. The third-order valence-corrected chi connectivity index (χ3v) is 9.16. The molecule has 45 heavy (non-hydrogen) atoms. The van der Waals surface area contributed by atoms with Crippen LogP contribution in [0.3, 0.4) is 0 Å². The zero-order valence-electron chi connectivity index (χ0n) is 30.7. The van der Waals surface area contributed by atoms with Crippen LogP contribution in [0.4, 0.5) is 0 Å². The standard InChI is InChI=1S/C40H80N2O3/c1-3-5-7-9-11-13-15-17-19-21-23-25-27-29-31-33-39(43)42-36-35-41-37-38-45-40(44)34-32-30-28-26-24-22-20-18-16-14-12-10-8-6-4-2/h41H,3-38H2,1-2H3,(H,42,43). The molecule has 0 radical (unpaired) electrons. The molecule has 0 unspecified atom stereocenters. The number of hydrogen-bond donors (Lipinski definition) is 2. The first kappa shape index (κ1) is 43.9. The van der Waals surface area contributed by atoms with Crippen LogP contribution < -0.4 is 10.6 Å². The minimum atomic E-state index is -0.0803. The minimum absolute atomic E-state index is 0.0803. The van der Waals surface area contributed by atoms with E-state index in [9.17, 15) is 9.59 Å². The lowest BCUT2D eigenvalue weighted by Gasteiger charge is -2.08. The first-order valence-electron chi connectivity index (χ1n) is 20.3. The van der Waals surface area contributed by atoms with Crippen LogP contribution in [0.25, 0.3) is 0 Å². The molecule has 0 aromatic heterocycles. The monoisotopic (exact) mass is 637 g/mol. The van der Waals surface area contributed by atoms with E-state index < -0.39 is 0 Å². The van der Waals surface area contributed by atoms with Gasteiger partial charge in [0.25, 0.3) is 0 Å². The van der Waals surface area contributed by atoms with Crippen molar-refractivity contribution in [1.29, 1.82) is 0 Å². The lowest BCUT2D eigenvalue weighted by Crippen LogP contribution is -2.33. The van der Waals surface area contributed by atoms with Crippen LogP contribution in [-0.2, 0) is 14.3 Å². The number of rotatable bonds is 38. The number of esters is 1. The summed E-state index contributed by atoms with van der Waals surface area (Å²) in [6, 6.07) is 0. The van der Waals surface area contributed by atoms with E-state index in [1.165, 1.54) is 167 Å². The van der Waals surface area contributed by atoms with Gasteiger partial charge in [0.05, 0.1) is 0 Å². The molecule has 5 heteroatoms. The zero-order valence-corrected chi connectivity index (χ0v) is 30.7. The van der Waals surface area contributed by atoms with Crippen molar-refractivity contribution < 1.29 is 14.3 Å². The smallest absolute Gasteiger partial charge is 0.305 e. The Morgan fingerprint density at radius 2 is 0.733 bits per heavy atom. The summed E-state index contributed by atoms with van der Waals surface area (Å²) in [5.41, 5.74) is 0. The van der Waals surface area contributed by atoms with Gasteiger partial charge in [0, 0.05) is 32.5 Å². The Balaban J connectivity index is 3.24. The molecule has 0 aromatic carbocycles. The number of ether oxygens (including phenoxy) is 1. The Kier molecular flexibility index (Phi) is 38.1. The molecule has 0 aliphatic heterocycles. The zero-order chi connectivity index (χ0) is 32.7. The summed E-state index contributed by atoms with van der Waals surface area (Å²) in [5.74, 6) is 0.0738. The number of nitrogens with one attached hydrogen (secondary N) is 2. The van der Waals surface area contributed by atoms with Gasteiger partial charge >= 0.3 is 5.97 Å². The highest BCUT2D eigenvalue weighted by atomic mass is 16.5. The van der Waals surface area contributed by atoms with Gasteiger partial charge in [0.15, 0.2) is 0 Å². The van der Waals surface area contributed by atoms with Gasteiger partial charge in [-0.2, -0.15) is 0 Å². The Hall–Kier alpha value is -1.10. The minimum Gasteiger partial charge on any atom is -0.464 e. The topological polar surface area (TPSA) is 67.4 Å². The molecule has 0 aromatic rings. The second-order valence-corrected chi connectivity index (χ2v) is 13.7. The maximum absolute atomic E-state index is 12.0. The van der Waals surface area contributed by atoms with E-state index in [2.05, 4.69) is 24.5 Å². The second-order valence-electron chi connectivity index (χ2n) is 13.7. The molecule has 0 heterocycles. The van der Waals surface area contributed by atoms with Crippen molar-refractivity contribution in [1.82, 2.24) is 10.6 Å². The van der Waals surface area contributed by atoms with Crippen LogP contribution in [0.15, 0.2) is 0 Å². The summed E-state index contributed by atoms with van der Waals surface area (Å²) in [7, 11) is 0. The molecule has 268 valence electrons. The van der Waals surface area contributed by atoms with Crippen LogP contribution >= 0.6 is 0 Å². The van der Waals surface area contributed by atoms with Gasteiger partial charge in [0.1, 0.15) is 6.61 Å². The molecule has 0 spiro atoms. The van der Waals surface area contributed by atoms with Gasteiger partial charge in [-0.3, -0.25) is 9.59 Å². The van der Waals surface area contributed by atoms with Gasteiger partial charge in [-0.25, -0.2) is 0 Å². The predicted octanol–water partition coefficient (Wildman–Crippen LogP) is 11.8. The molecule has 0 saturated carbocycles. The van der Waals surface area contributed by atoms with Gasteiger partial charge in [0.2, 0.25) is 5.91 Å². The summed E-state index contributed by atoms with van der Waals surface area (Å²) < 4.78 is 5.34. The van der Waals surface area contributed by atoms with E-state index in [1.807, 2.05) is 0 Å². The van der Waals surface area contributed by atoms with E-state index in [0.29, 0.717) is 39.1 Å². The van der Waals surface area contributed by atoms with Crippen molar-refractivity contribution in [3.8, 4) is 0 Å². The molecule has 0 fully saturated rings. The van der Waals surface area contributed by atoms with Gasteiger partial charge in [-0.15, -0.1) is 0 Å². The number of carbonyl (C=O) groups excluding carboxylic acids is 2. The number of hydrogen-bond acceptors (Lipinski definition) is 4. The van der Waals surface area contributed by atoms with Crippen LogP contribution in [0.1, 0.15) is 219 Å². The van der Waals surface area contributed by atoms with Crippen molar-refractivity contribution in [3.63, 3.8) is 0 Å². The van der Waals surface area contributed by atoms with Gasteiger partial charge < -0.3 is 15.4 Å². The first-order chi connectivity index (χ1) is 22.2. The normalized spacial score (nSPS) is 11.2. The Bertz CT molecular complexity index is 548. The fourth-order valence-corrected chi connectivity index (χ4v) is 6.11. The SMILES string of the molecule is CCCCCCCCCCCCCCCCCC(=O)NCCNCCOC(=O)CCCCCCCCCCCCCCCCC. The van der Waals surface area contributed by atoms with E-state index in [4.69, 9.17) is 4.74 Å². The van der Waals surface area contributed by atoms with E-state index in [0.717, 1.165) is 25.7 Å². The second kappa shape index (κ2) is 39.1.